The zero-order chi connectivity index (χ0) is 22.9. The highest BCUT2D eigenvalue weighted by atomic mass is 16.2. The number of fused-ring (bicyclic) bond motifs is 3. The highest BCUT2D eigenvalue weighted by Crippen LogP contribution is 2.17. The summed E-state index contributed by atoms with van der Waals surface area (Å²) < 4.78 is 1.79. The van der Waals surface area contributed by atoms with Gasteiger partial charge in [0.2, 0.25) is 0 Å². The van der Waals surface area contributed by atoms with Crippen LogP contribution in [-0.4, -0.2) is 37.4 Å². The molecule has 3 heterocycles. The zero-order valence-corrected chi connectivity index (χ0v) is 18.5. The molecule has 0 bridgehead atoms. The Morgan fingerprint density at radius 1 is 1.00 bits per heavy atom. The third-order valence-corrected chi connectivity index (χ3v) is 6.21. The molecule has 8 heteroatoms. The first-order valence-corrected chi connectivity index (χ1v) is 11.3. The number of rotatable bonds is 3. The van der Waals surface area contributed by atoms with E-state index in [0.29, 0.717) is 39.7 Å². The number of hydrogen-bond acceptors (Lipinski definition) is 5. The van der Waals surface area contributed by atoms with E-state index in [1.165, 1.54) is 4.90 Å². The van der Waals surface area contributed by atoms with E-state index in [4.69, 9.17) is 4.98 Å². The predicted octanol–water partition coefficient (Wildman–Crippen LogP) is 3.02. The van der Waals surface area contributed by atoms with Crippen molar-refractivity contribution in [3.63, 3.8) is 0 Å². The van der Waals surface area contributed by atoms with Gasteiger partial charge in [0.05, 0.1) is 28.4 Å². The number of nitrogens with one attached hydrogen (secondary N) is 1. The van der Waals surface area contributed by atoms with Gasteiger partial charge in [-0.1, -0.05) is 25.0 Å². The number of aromatic nitrogens is 4. The highest BCUT2D eigenvalue weighted by molar-refractivity contribution is 5.97. The lowest BCUT2D eigenvalue weighted by Gasteiger charge is -2.18. The van der Waals surface area contributed by atoms with Gasteiger partial charge >= 0.3 is 0 Å². The molecule has 1 N–H and O–H groups in total. The Hall–Kier alpha value is -3.81. The van der Waals surface area contributed by atoms with Gasteiger partial charge in [-0.25, -0.2) is 9.97 Å². The maximum absolute atomic E-state index is 13.1. The van der Waals surface area contributed by atoms with Gasteiger partial charge in [0.15, 0.2) is 0 Å². The van der Waals surface area contributed by atoms with E-state index in [1.54, 1.807) is 48.0 Å². The largest absolute Gasteiger partial charge is 0.334 e. The molecule has 0 atom stereocenters. The smallest absolute Gasteiger partial charge is 0.261 e. The second-order valence-corrected chi connectivity index (χ2v) is 8.57. The fourth-order valence-corrected chi connectivity index (χ4v) is 4.45. The Labute approximate surface area is 189 Å². The molecule has 0 saturated heterocycles. The average molecular weight is 444 g/mol. The fourth-order valence-electron chi connectivity index (χ4n) is 4.45. The van der Waals surface area contributed by atoms with E-state index in [1.807, 2.05) is 6.07 Å². The molecule has 1 amide bonds. The summed E-state index contributed by atoms with van der Waals surface area (Å²) in [5.41, 5.74) is 1.30. The van der Waals surface area contributed by atoms with Gasteiger partial charge < -0.3 is 9.88 Å². The molecule has 1 aliphatic rings. The average Bonchev–Trinajstić information content (AvgIpc) is 2.79. The lowest BCUT2D eigenvalue weighted by atomic mass is 10.1. The van der Waals surface area contributed by atoms with Gasteiger partial charge in [-0.15, -0.1) is 0 Å². The zero-order valence-electron chi connectivity index (χ0n) is 18.5. The summed E-state index contributed by atoms with van der Waals surface area (Å²) in [6.45, 7) is 0.842. The Morgan fingerprint density at radius 2 is 1.82 bits per heavy atom. The molecule has 8 nitrogen and oxygen atoms in total. The number of amides is 1. The number of aromatic amines is 1. The monoisotopic (exact) mass is 443 g/mol. The Morgan fingerprint density at radius 3 is 2.70 bits per heavy atom. The van der Waals surface area contributed by atoms with E-state index in [9.17, 15) is 14.4 Å². The molecule has 168 valence electrons. The summed E-state index contributed by atoms with van der Waals surface area (Å²) in [4.78, 5) is 51.9. The molecule has 5 rings (SSSR count). The molecule has 4 aromatic rings. The molecule has 2 aromatic heterocycles. The van der Waals surface area contributed by atoms with Gasteiger partial charge in [-0.3, -0.25) is 19.0 Å². The van der Waals surface area contributed by atoms with Crippen LogP contribution in [-0.2, 0) is 19.5 Å². The van der Waals surface area contributed by atoms with Crippen molar-refractivity contribution < 1.29 is 4.79 Å². The second-order valence-electron chi connectivity index (χ2n) is 8.57. The standard InChI is InChI=1S/C25H25N5O3/c1-29(15-21-26-19-9-6-5-8-17(19)23(31)28-21)24(32)16-11-12-18-20(14-16)27-22-10-4-2-3-7-13-30(22)25(18)33/h5-6,8-9,11-12,14H,2-4,7,10,13,15H2,1H3,(H,26,28,31). The van der Waals surface area contributed by atoms with Crippen molar-refractivity contribution in [2.24, 2.45) is 0 Å². The molecule has 0 spiro atoms. The summed E-state index contributed by atoms with van der Waals surface area (Å²) >= 11 is 0. The van der Waals surface area contributed by atoms with Crippen LogP contribution in [0.3, 0.4) is 0 Å². The van der Waals surface area contributed by atoms with Gasteiger partial charge in [0.1, 0.15) is 11.6 Å². The molecule has 33 heavy (non-hydrogen) atoms. The van der Waals surface area contributed by atoms with Gasteiger partial charge in [-0.2, -0.15) is 0 Å². The Balaban J connectivity index is 1.44. The van der Waals surface area contributed by atoms with E-state index in [0.717, 1.165) is 37.9 Å². The molecule has 0 radical (unpaired) electrons. The highest BCUT2D eigenvalue weighted by Gasteiger charge is 2.18. The van der Waals surface area contributed by atoms with Gasteiger partial charge in [0.25, 0.3) is 17.0 Å². The van der Waals surface area contributed by atoms with Crippen molar-refractivity contribution >= 4 is 27.7 Å². The maximum atomic E-state index is 13.1. The minimum Gasteiger partial charge on any atom is -0.334 e. The lowest BCUT2D eigenvalue weighted by Crippen LogP contribution is -2.29. The fraction of sp³-hybridized carbons (Fsp3) is 0.320. The predicted molar refractivity (Wildman–Crippen MR) is 126 cm³/mol. The number of hydrogen-bond donors (Lipinski definition) is 1. The third kappa shape index (κ3) is 4.04. The van der Waals surface area contributed by atoms with Gasteiger partial charge in [0, 0.05) is 25.6 Å². The van der Waals surface area contributed by atoms with E-state index >= 15 is 0 Å². The number of carbonyl (C=O) groups is 1. The molecular weight excluding hydrogens is 418 g/mol. The molecule has 0 unspecified atom stereocenters. The van der Waals surface area contributed by atoms with Crippen molar-refractivity contribution in [1.29, 1.82) is 0 Å². The molecule has 0 saturated carbocycles. The summed E-state index contributed by atoms with van der Waals surface area (Å²) in [7, 11) is 1.66. The van der Waals surface area contributed by atoms with Crippen LogP contribution in [0.15, 0.2) is 52.1 Å². The van der Waals surface area contributed by atoms with Crippen LogP contribution in [0.25, 0.3) is 21.8 Å². The van der Waals surface area contributed by atoms with Crippen LogP contribution >= 0.6 is 0 Å². The number of benzene rings is 2. The SMILES string of the molecule is CN(Cc1nc2ccccc2c(=O)[nH]1)C(=O)c1ccc2c(=O)n3c(nc2c1)CCCCCC3. The molecule has 2 aromatic carbocycles. The molecule has 0 aliphatic carbocycles. The number of H-pyrrole nitrogens is 1. The van der Waals surface area contributed by atoms with Crippen LogP contribution in [0, 0.1) is 0 Å². The normalized spacial score (nSPS) is 14.0. The van der Waals surface area contributed by atoms with Crippen molar-refractivity contribution in [2.45, 2.75) is 45.2 Å². The van der Waals surface area contributed by atoms with E-state index < -0.39 is 0 Å². The third-order valence-electron chi connectivity index (χ3n) is 6.21. The minimum absolute atomic E-state index is 0.0396. The molecule has 1 aliphatic heterocycles. The van der Waals surface area contributed by atoms with Crippen LogP contribution in [0.4, 0.5) is 0 Å². The number of nitrogens with zero attached hydrogens (tertiary/aromatic N) is 4. The number of para-hydroxylation sites is 1. The quantitative estimate of drug-likeness (QED) is 0.525. The first-order valence-electron chi connectivity index (χ1n) is 11.3. The van der Waals surface area contributed by atoms with Gasteiger partial charge in [-0.05, 0) is 43.2 Å². The summed E-state index contributed by atoms with van der Waals surface area (Å²) in [5.74, 6) is 0.970. The molecular formula is C25H25N5O3. The lowest BCUT2D eigenvalue weighted by molar-refractivity contribution is 0.0781. The molecule has 0 fully saturated rings. The second kappa shape index (κ2) is 8.61. The minimum atomic E-state index is -0.235. The van der Waals surface area contributed by atoms with Crippen LogP contribution in [0.1, 0.15) is 47.7 Å². The summed E-state index contributed by atoms with van der Waals surface area (Å²) in [6, 6.07) is 12.1. The van der Waals surface area contributed by atoms with Crippen molar-refractivity contribution in [1.82, 2.24) is 24.4 Å². The first-order chi connectivity index (χ1) is 16.0. The van der Waals surface area contributed by atoms with Crippen molar-refractivity contribution in [3.05, 3.63) is 80.4 Å². The van der Waals surface area contributed by atoms with Crippen molar-refractivity contribution in [3.8, 4) is 0 Å². The Bertz CT molecular complexity index is 1490. The van der Waals surface area contributed by atoms with Crippen molar-refractivity contribution in [2.75, 3.05) is 7.05 Å². The maximum Gasteiger partial charge on any atom is 0.261 e. The van der Waals surface area contributed by atoms with E-state index in [-0.39, 0.29) is 23.6 Å². The van der Waals surface area contributed by atoms with Crippen LogP contribution < -0.4 is 11.1 Å². The topological polar surface area (TPSA) is 101 Å². The summed E-state index contributed by atoms with van der Waals surface area (Å²) in [5, 5.41) is 1.04. The first kappa shape index (κ1) is 21.1. The van der Waals surface area contributed by atoms with Crippen LogP contribution in [0.5, 0.6) is 0 Å². The van der Waals surface area contributed by atoms with E-state index in [2.05, 4.69) is 9.97 Å². The van der Waals surface area contributed by atoms with Crippen LogP contribution in [0.2, 0.25) is 0 Å². The summed E-state index contributed by atoms with van der Waals surface area (Å²) in [6.07, 6.45) is 5.02. The Kier molecular flexibility index (Phi) is 5.50. The number of aryl methyl sites for hydroxylation is 1. The number of carbonyl (C=O) groups excluding carboxylic acids is 1.